The molecule has 1 aliphatic rings. The quantitative estimate of drug-likeness (QED) is 0.311. The molecule has 0 radical (unpaired) electrons. The van der Waals surface area contributed by atoms with E-state index in [2.05, 4.69) is 0 Å². The first kappa shape index (κ1) is 39.3. The number of amides is 3. The number of carboxylic acid groups (broad SMARTS) is 1. The molecule has 1 fully saturated rings. The summed E-state index contributed by atoms with van der Waals surface area (Å²) in [6.45, 7) is 7.75. The Morgan fingerprint density at radius 3 is 1.48 bits per heavy atom. The molecule has 2 aromatic rings. The smallest absolute Gasteiger partial charge is 0.338 e. The molecule has 48 heavy (non-hydrogen) atoms. The van der Waals surface area contributed by atoms with E-state index in [1.165, 1.54) is 46.2 Å². The van der Waals surface area contributed by atoms with Gasteiger partial charge >= 0.3 is 17.9 Å². The van der Waals surface area contributed by atoms with E-state index in [1.807, 2.05) is 13.8 Å². The Morgan fingerprint density at radius 1 is 0.708 bits per heavy atom. The minimum Gasteiger partial charge on any atom is -0.478 e. The van der Waals surface area contributed by atoms with Gasteiger partial charge in [0.05, 0.1) is 36.4 Å². The summed E-state index contributed by atoms with van der Waals surface area (Å²) < 4.78 is 36.7. The maximum atomic E-state index is 13.4. The number of ether oxygens (including phenoxy) is 2. The summed E-state index contributed by atoms with van der Waals surface area (Å²) in [5, 5.41) is 9.09. The zero-order chi connectivity index (χ0) is 36.2. The van der Waals surface area contributed by atoms with Gasteiger partial charge in [0.15, 0.2) is 0 Å². The molecule has 12 nitrogen and oxygen atoms in total. The molecule has 0 aliphatic carbocycles. The van der Waals surface area contributed by atoms with Crippen LogP contribution < -0.4 is 0 Å². The van der Waals surface area contributed by atoms with Crippen LogP contribution in [-0.2, 0) is 9.47 Å². The molecule has 262 valence electrons. The summed E-state index contributed by atoms with van der Waals surface area (Å²) in [5.41, 5.74) is 0.312. The Hall–Kier alpha value is -4.88. The van der Waals surface area contributed by atoms with Crippen LogP contribution in [-0.4, -0.2) is 115 Å². The predicted molar refractivity (Wildman–Crippen MR) is 172 cm³/mol. The summed E-state index contributed by atoms with van der Waals surface area (Å²) in [4.78, 5) is 76.5. The standard InChI is InChI=1S/C19H24F2N2O4.C15H19NO5/c1-4-7-22(3)16(24)13-9-14(11-15(10-13)18(26)27-5-2)17(25)23-8-6-19(20,21)12-23;1-4-6-16(3)13(17)10-7-11(14(18)19)9-12(8-10)15(20)21-5-2/h9-11H,4-8,12H2,1-3H3;7-9H,4-6H2,1-3H3,(H,18,19). The molecular formula is C34H43F2N3O9. The monoisotopic (exact) mass is 675 g/mol. The van der Waals surface area contributed by atoms with Crippen molar-refractivity contribution in [2.24, 2.45) is 0 Å². The summed E-state index contributed by atoms with van der Waals surface area (Å²) in [6.07, 6.45) is 1.13. The number of alkyl halides is 2. The van der Waals surface area contributed by atoms with Crippen molar-refractivity contribution in [1.29, 1.82) is 0 Å². The minimum atomic E-state index is -2.92. The lowest BCUT2D eigenvalue weighted by Gasteiger charge is -2.19. The molecule has 1 heterocycles. The molecule has 0 bridgehead atoms. The number of esters is 2. The van der Waals surface area contributed by atoms with Crippen LogP contribution in [0.1, 0.15) is 109 Å². The largest absolute Gasteiger partial charge is 0.478 e. The van der Waals surface area contributed by atoms with Crippen LogP contribution in [0.25, 0.3) is 0 Å². The van der Waals surface area contributed by atoms with Gasteiger partial charge in [0.1, 0.15) is 0 Å². The van der Waals surface area contributed by atoms with Gasteiger partial charge in [-0.2, -0.15) is 0 Å². The van der Waals surface area contributed by atoms with Crippen molar-refractivity contribution in [2.75, 3.05) is 53.5 Å². The van der Waals surface area contributed by atoms with Crippen LogP contribution in [0, 0.1) is 0 Å². The van der Waals surface area contributed by atoms with Gasteiger partial charge in [0.2, 0.25) is 0 Å². The maximum Gasteiger partial charge on any atom is 0.338 e. The zero-order valence-corrected chi connectivity index (χ0v) is 28.1. The first-order valence-electron chi connectivity index (χ1n) is 15.6. The van der Waals surface area contributed by atoms with Gasteiger partial charge in [-0.3, -0.25) is 14.4 Å². The Bertz CT molecular complexity index is 1510. The van der Waals surface area contributed by atoms with Crippen LogP contribution in [0.4, 0.5) is 8.78 Å². The van der Waals surface area contributed by atoms with Crippen LogP contribution >= 0.6 is 0 Å². The number of hydrogen-bond acceptors (Lipinski definition) is 8. The number of rotatable bonds is 12. The van der Waals surface area contributed by atoms with E-state index in [4.69, 9.17) is 14.6 Å². The highest BCUT2D eigenvalue weighted by Crippen LogP contribution is 2.28. The molecule has 0 spiro atoms. The number of aromatic carboxylic acids is 1. The lowest BCUT2D eigenvalue weighted by molar-refractivity contribution is 0.0120. The molecule has 0 atom stereocenters. The van der Waals surface area contributed by atoms with Gasteiger partial charge < -0.3 is 29.3 Å². The Labute approximate surface area is 278 Å². The van der Waals surface area contributed by atoms with Crippen molar-refractivity contribution in [3.05, 3.63) is 69.8 Å². The maximum absolute atomic E-state index is 13.4. The van der Waals surface area contributed by atoms with Crippen LogP contribution in [0.2, 0.25) is 0 Å². The van der Waals surface area contributed by atoms with Gasteiger partial charge in [-0.25, -0.2) is 23.2 Å². The Balaban J connectivity index is 0.000000345. The second kappa shape index (κ2) is 17.9. The number of carbonyl (C=O) groups is 6. The molecule has 1 saturated heterocycles. The minimum absolute atomic E-state index is 0.0199. The van der Waals surface area contributed by atoms with Gasteiger partial charge in [0.25, 0.3) is 23.6 Å². The van der Waals surface area contributed by atoms with Gasteiger partial charge in [-0.1, -0.05) is 13.8 Å². The summed E-state index contributed by atoms with van der Waals surface area (Å²) in [6, 6.07) is 7.82. The van der Waals surface area contributed by atoms with Crippen molar-refractivity contribution >= 4 is 35.6 Å². The second-order valence-corrected chi connectivity index (χ2v) is 11.1. The van der Waals surface area contributed by atoms with Crippen molar-refractivity contribution in [3.63, 3.8) is 0 Å². The van der Waals surface area contributed by atoms with Crippen molar-refractivity contribution < 1.29 is 52.1 Å². The lowest BCUT2D eigenvalue weighted by Crippen LogP contribution is -2.32. The molecule has 3 rings (SSSR count). The zero-order valence-electron chi connectivity index (χ0n) is 28.1. The highest BCUT2D eigenvalue weighted by atomic mass is 19.3. The average Bonchev–Trinajstić information content (AvgIpc) is 3.43. The van der Waals surface area contributed by atoms with Gasteiger partial charge in [-0.05, 0) is 63.1 Å². The molecule has 0 unspecified atom stereocenters. The average molecular weight is 676 g/mol. The third-order valence-corrected chi connectivity index (χ3v) is 7.14. The number of nitrogens with zero attached hydrogens (tertiary/aromatic N) is 3. The number of carbonyl (C=O) groups excluding carboxylic acids is 5. The fourth-order valence-electron chi connectivity index (χ4n) is 4.82. The normalized spacial score (nSPS) is 13.1. The highest BCUT2D eigenvalue weighted by Gasteiger charge is 2.40. The number of halogens is 2. The molecular weight excluding hydrogens is 632 g/mol. The van der Waals surface area contributed by atoms with E-state index in [-0.39, 0.29) is 65.0 Å². The molecule has 0 aromatic heterocycles. The fraction of sp³-hybridized carbons (Fsp3) is 0.471. The van der Waals surface area contributed by atoms with E-state index in [0.717, 1.165) is 17.7 Å². The summed E-state index contributed by atoms with van der Waals surface area (Å²) in [5.74, 6) is -6.76. The number of likely N-dealkylation sites (tertiary alicyclic amines) is 1. The molecule has 14 heteroatoms. The van der Waals surface area contributed by atoms with Crippen molar-refractivity contribution in [3.8, 4) is 0 Å². The van der Waals surface area contributed by atoms with E-state index in [0.29, 0.717) is 13.1 Å². The number of carboxylic acids is 1. The van der Waals surface area contributed by atoms with Crippen molar-refractivity contribution in [1.82, 2.24) is 14.7 Å². The summed E-state index contributed by atoms with van der Waals surface area (Å²) in [7, 11) is 3.24. The molecule has 0 saturated carbocycles. The SMILES string of the molecule is CCCN(C)C(=O)c1cc(C(=O)O)cc(C(=O)OCC)c1.CCCN(C)C(=O)c1cc(C(=O)OCC)cc(C(=O)N2CCC(F)(F)C2)c1. The van der Waals surface area contributed by atoms with Gasteiger partial charge in [-0.15, -0.1) is 0 Å². The van der Waals surface area contributed by atoms with E-state index >= 15 is 0 Å². The number of benzene rings is 2. The lowest BCUT2D eigenvalue weighted by atomic mass is 10.0. The first-order chi connectivity index (χ1) is 22.6. The predicted octanol–water partition coefficient (Wildman–Crippen LogP) is 4.87. The van der Waals surface area contributed by atoms with Gasteiger partial charge in [0, 0.05) is 56.8 Å². The number of hydrogen-bond donors (Lipinski definition) is 1. The third kappa shape index (κ3) is 10.8. The van der Waals surface area contributed by atoms with Crippen LogP contribution in [0.3, 0.4) is 0 Å². The van der Waals surface area contributed by atoms with Crippen LogP contribution in [0.15, 0.2) is 36.4 Å². The topological polar surface area (TPSA) is 151 Å². The Kier molecular flexibility index (Phi) is 14.6. The summed E-state index contributed by atoms with van der Waals surface area (Å²) >= 11 is 0. The first-order valence-corrected chi connectivity index (χ1v) is 15.6. The van der Waals surface area contributed by atoms with E-state index in [9.17, 15) is 37.5 Å². The van der Waals surface area contributed by atoms with Crippen molar-refractivity contribution in [2.45, 2.75) is 52.9 Å². The highest BCUT2D eigenvalue weighted by molar-refractivity contribution is 6.04. The van der Waals surface area contributed by atoms with E-state index in [1.54, 1.807) is 27.9 Å². The third-order valence-electron chi connectivity index (χ3n) is 7.14. The molecule has 3 amide bonds. The second-order valence-electron chi connectivity index (χ2n) is 11.1. The Morgan fingerprint density at radius 2 is 1.10 bits per heavy atom. The van der Waals surface area contributed by atoms with Crippen LogP contribution in [0.5, 0.6) is 0 Å². The van der Waals surface area contributed by atoms with E-state index < -0.39 is 42.7 Å². The molecule has 1 aliphatic heterocycles. The molecule has 2 aromatic carbocycles. The molecule has 1 N–H and O–H groups in total. The fourth-order valence-corrected chi connectivity index (χ4v) is 4.82.